The first kappa shape index (κ1) is 68.0. The quantitative estimate of drug-likeness (QED) is 0.119. The van der Waals surface area contributed by atoms with Gasteiger partial charge in [-0.05, 0) is 131 Å². The van der Waals surface area contributed by atoms with E-state index < -0.39 is 5.46 Å². The fraction of sp³-hybridized carbons (Fsp3) is 0. The van der Waals surface area contributed by atoms with Crippen LogP contribution in [-0.4, -0.2) is 275 Å². The summed E-state index contributed by atoms with van der Waals surface area (Å²) in [6.45, 7) is 0. The number of fused-ring (bicyclic) bond motifs is 1. The van der Waals surface area contributed by atoms with E-state index in [0.29, 0.717) is 0 Å². The van der Waals surface area contributed by atoms with Crippen molar-refractivity contribution in [3.05, 3.63) is 6.07 Å². The van der Waals surface area contributed by atoms with Crippen molar-refractivity contribution in [1.29, 1.82) is 0 Å². The molecule has 70 radical (unpaired) electrons. The molecule has 0 aliphatic heterocycles. The Balaban J connectivity index is 1.25. The third-order valence-corrected chi connectivity index (χ3v) is 19.2. The fourth-order valence-corrected chi connectivity index (χ4v) is 14.5. The van der Waals surface area contributed by atoms with Gasteiger partial charge in [-0.3, -0.25) is 0 Å². The van der Waals surface area contributed by atoms with Crippen LogP contribution in [0.5, 0.6) is 0 Å². The van der Waals surface area contributed by atoms with Gasteiger partial charge < -0.3 is 0 Å². The molecule has 0 atom stereocenters. The average molecular weight is 1100 g/mol. The molecule has 0 saturated carbocycles. The van der Waals surface area contributed by atoms with Crippen molar-refractivity contribution >= 4 is 541 Å². The summed E-state index contributed by atoms with van der Waals surface area (Å²) in [6.07, 6.45) is 0. The molecule has 346 valence electrons. The van der Waals surface area contributed by atoms with Crippen LogP contribution < -0.4 is 191 Å². The Hall–Kier alpha value is -5.53. The zero-order valence-corrected chi connectivity index (χ0v) is 50.3. The predicted octanol–water partition coefficient (Wildman–Crippen LogP) is -25.2. The summed E-state index contributed by atoms with van der Waals surface area (Å²) in [4.78, 5) is 0. The molecular weight excluding hydrogens is 1100 g/mol. The number of hydrogen-bond acceptors (Lipinski definition) is 0. The van der Waals surface area contributed by atoms with Gasteiger partial charge in [-0.1, -0.05) is 164 Å². The molecule has 13 aromatic carbocycles. The molecule has 0 spiro atoms. The molecule has 13 aromatic rings. The summed E-state index contributed by atoms with van der Waals surface area (Å²) in [7, 11) is 245. The van der Waals surface area contributed by atoms with E-state index in [4.69, 9.17) is 275 Å². The van der Waals surface area contributed by atoms with Gasteiger partial charge in [-0.25, -0.2) is 0 Å². The Bertz CT molecular complexity index is 5550. The van der Waals surface area contributed by atoms with Crippen LogP contribution in [0, 0.1) is 0 Å². The first-order valence-electron chi connectivity index (χ1n) is 28.2. The van der Waals surface area contributed by atoms with Gasteiger partial charge in [-0.2, -0.15) is 0 Å². The number of hydrogen-bond donors (Lipinski definition) is 0. The normalized spacial score (nSPS) is 12.0. The average Bonchev–Trinajstić information content (AvgIpc) is 0.693. The van der Waals surface area contributed by atoms with Crippen LogP contribution in [0.25, 0.3) is 131 Å². The van der Waals surface area contributed by atoms with E-state index in [1.807, 2.05) is 0 Å². The maximum Gasteiger partial charge on any atom is 0.115 e. The summed E-state index contributed by atoms with van der Waals surface area (Å²) < 4.78 is 0. The Labute approximate surface area is 598 Å². The molecule has 0 amide bonds. The topological polar surface area (TPSA) is 0 Å². The molecule has 0 N–H and O–H groups in total. The van der Waals surface area contributed by atoms with Crippen LogP contribution in [-0.2, 0) is 0 Å². The highest BCUT2D eigenvalue weighted by Crippen LogP contribution is 2.36. The van der Waals surface area contributed by atoms with Crippen molar-refractivity contribution in [2.75, 3.05) is 0 Å². The first-order chi connectivity index (χ1) is 44.4. The number of rotatable bonds is 5. The number of benzene rings is 13. The largest absolute Gasteiger partial charge is 0.115 e. The van der Waals surface area contributed by atoms with E-state index in [1.165, 1.54) is 6.07 Å². The second-order valence-corrected chi connectivity index (χ2v) is 23.7. The third kappa shape index (κ3) is 8.53. The minimum Gasteiger partial charge on any atom is -0.109 e. The Morgan fingerprint density at radius 3 is 0.526 bits per heavy atom. The second-order valence-electron chi connectivity index (χ2n) is 23.7. The second kappa shape index (κ2) is 22.8. The minimum atomic E-state index is -0.411. The Morgan fingerprint density at radius 1 is 0.0947 bits per heavy atom. The van der Waals surface area contributed by atoms with E-state index in [0.717, 1.165) is 0 Å². The first-order valence-corrected chi connectivity index (χ1v) is 28.2. The van der Waals surface area contributed by atoms with E-state index in [9.17, 15) is 0 Å². The van der Waals surface area contributed by atoms with E-state index in [2.05, 4.69) is 0 Å². The van der Waals surface area contributed by atoms with Crippen molar-refractivity contribution < 1.29 is 0 Å². The molecule has 0 aliphatic carbocycles. The Kier molecular flexibility index (Phi) is 16.3. The maximum atomic E-state index is 7.68. The summed E-state index contributed by atoms with van der Waals surface area (Å²) in [5.74, 6) is 0. The van der Waals surface area contributed by atoms with Gasteiger partial charge >= 0.3 is 0 Å². The standard InChI is InChI=1S/C60HB35/c61-2-1-3(62)28(63)14-4(2)9(38(73)56(91)47(14)82)21-29(64)24(26-31(66)22(52(87)59(94)54(26)89)12-10-5-7-17(41(76)34(10)69)48(83)57(92)50(85)19(7)45(80)43(78)15(5)39(74)36(12)71)33(68)25(30(21)65)27-32(67)23(53(88)60(95)55(27)90)13-11-6-8-18(42(77)35(11)70)49(84)58(93)51(86)20(8)46(81)44(79)16(6)40(75)37(13)72/h1H. The van der Waals surface area contributed by atoms with Crippen LogP contribution in [0.2, 0.25) is 0 Å². The highest BCUT2D eigenvalue weighted by atomic mass is 14.3. The molecule has 0 heterocycles. The van der Waals surface area contributed by atoms with Gasteiger partial charge in [0.05, 0.1) is 0 Å². The summed E-state index contributed by atoms with van der Waals surface area (Å²) in [5.41, 5.74) is -8.37. The molecule has 0 unspecified atom stereocenters. The van der Waals surface area contributed by atoms with Gasteiger partial charge in [0.15, 0.2) is 0 Å². The summed E-state index contributed by atoms with van der Waals surface area (Å²) >= 11 is 0. The van der Waals surface area contributed by atoms with Crippen LogP contribution in [0.3, 0.4) is 0 Å². The molecule has 0 nitrogen and oxygen atoms in total. The van der Waals surface area contributed by atoms with Crippen molar-refractivity contribution in [2.24, 2.45) is 0 Å². The minimum absolute atomic E-state index is 0.0000703. The smallest absolute Gasteiger partial charge is 0.109 e. The lowest BCUT2D eigenvalue weighted by Crippen LogP contribution is -2.51. The van der Waals surface area contributed by atoms with Gasteiger partial charge in [0.1, 0.15) is 275 Å². The lowest BCUT2D eigenvalue weighted by atomic mass is 9.54. The predicted molar refractivity (Wildman–Crippen MR) is 447 cm³/mol. The zero-order chi connectivity index (χ0) is 69.8. The van der Waals surface area contributed by atoms with Crippen molar-refractivity contribution in [2.45, 2.75) is 0 Å². The molecule has 95 heavy (non-hydrogen) atoms. The van der Waals surface area contributed by atoms with Crippen molar-refractivity contribution in [3.63, 3.8) is 0 Å². The van der Waals surface area contributed by atoms with Crippen LogP contribution in [0.4, 0.5) is 0 Å². The zero-order valence-electron chi connectivity index (χ0n) is 50.3. The lowest BCUT2D eigenvalue weighted by Gasteiger charge is -2.35. The van der Waals surface area contributed by atoms with Gasteiger partial charge in [0, 0.05) is 0 Å². The lowest BCUT2D eigenvalue weighted by molar-refractivity contribution is 1.76. The van der Waals surface area contributed by atoms with Crippen LogP contribution in [0.1, 0.15) is 0 Å². The molecule has 13 rings (SSSR count). The highest BCUT2D eigenvalue weighted by molar-refractivity contribution is 6.80. The molecule has 0 bridgehead atoms. The van der Waals surface area contributed by atoms with E-state index in [-0.39, 0.29) is 317 Å². The highest BCUT2D eigenvalue weighted by Gasteiger charge is 2.33. The molecule has 0 aliphatic rings. The SMILES string of the molecule is [B]c1cc([B])c2c(-c3c([B])c(-c4c([B])c([B])c([B])c(-c5c([B])c([B])c6c([B])c([B])c7c([B])c([B])c([B])c8c([B])c([B])c5c6c78)c4[B])c([B])c(-c4c([B])c([B])c([B])c(-c5c([B])c([B])c6c([B])c([B])c7c([B])c([B])c([B])c8c([B])c([B])c5c6c78)c4[B])c3[B])c([B])c([B])c([B])c2c1[B]. The maximum absolute atomic E-state index is 7.68. The molecule has 0 fully saturated rings. The van der Waals surface area contributed by atoms with Gasteiger partial charge in [-0.15, -0.1) is 32.8 Å². The van der Waals surface area contributed by atoms with Crippen LogP contribution in [0.15, 0.2) is 6.07 Å². The molecule has 0 saturated heterocycles. The van der Waals surface area contributed by atoms with Gasteiger partial charge in [0.2, 0.25) is 0 Å². The van der Waals surface area contributed by atoms with Crippen LogP contribution >= 0.6 is 0 Å². The van der Waals surface area contributed by atoms with E-state index >= 15 is 0 Å². The van der Waals surface area contributed by atoms with Crippen molar-refractivity contribution in [1.82, 2.24) is 0 Å². The fourth-order valence-electron chi connectivity index (χ4n) is 14.5. The molecule has 0 aromatic heterocycles. The summed E-state index contributed by atoms with van der Waals surface area (Å²) in [6, 6.07) is 1.35. The van der Waals surface area contributed by atoms with Gasteiger partial charge in [0.25, 0.3) is 0 Å². The summed E-state index contributed by atoms with van der Waals surface area (Å²) in [5, 5.41) is 1.90. The van der Waals surface area contributed by atoms with E-state index in [1.54, 1.807) is 0 Å². The monoisotopic (exact) mass is 1110 g/mol. The van der Waals surface area contributed by atoms with Crippen molar-refractivity contribution in [3.8, 4) is 55.6 Å². The molecular formula is C60HB35. The third-order valence-electron chi connectivity index (χ3n) is 19.2. The Morgan fingerprint density at radius 2 is 0.242 bits per heavy atom. The molecule has 35 heteroatoms.